The molecule has 1 amide bonds. The maximum atomic E-state index is 13.3. The molecule has 3 heterocycles. The van der Waals surface area contributed by atoms with Gasteiger partial charge in [-0.2, -0.15) is 0 Å². The quantitative estimate of drug-likeness (QED) is 0.372. The van der Waals surface area contributed by atoms with Gasteiger partial charge in [-0.25, -0.2) is 18.6 Å². The third-order valence-corrected chi connectivity index (χ3v) is 8.32. The largest absolute Gasteiger partial charge is 0.573 e. The Hall–Kier alpha value is -3.64. The van der Waals surface area contributed by atoms with Crippen molar-refractivity contribution in [2.24, 2.45) is 5.41 Å². The minimum Gasteiger partial charge on any atom is -0.406 e. The molecule has 3 aromatic rings. The van der Waals surface area contributed by atoms with Crippen LogP contribution in [0.4, 0.5) is 27.6 Å². The Labute approximate surface area is 212 Å². The zero-order chi connectivity index (χ0) is 27.0. The fourth-order valence-corrected chi connectivity index (χ4v) is 6.49. The first-order valence-electron chi connectivity index (χ1n) is 12.2. The molecule has 1 saturated heterocycles. The molecule has 4 fully saturated rings. The van der Waals surface area contributed by atoms with Crippen molar-refractivity contribution in [3.8, 4) is 5.75 Å². The van der Waals surface area contributed by atoms with Crippen LogP contribution in [0.3, 0.4) is 0 Å². The number of nitrogen functional groups attached to an aromatic ring is 1. The summed E-state index contributed by atoms with van der Waals surface area (Å²) in [4.78, 5) is 34.5. The molecule has 7 rings (SSSR count). The highest BCUT2D eigenvalue weighted by Crippen LogP contribution is 2.75. The molecule has 0 atom stereocenters. The zero-order valence-electron chi connectivity index (χ0n) is 20.0. The number of alkyl halides is 5. The summed E-state index contributed by atoms with van der Waals surface area (Å²) in [6.07, 6.45) is -3.36. The Bertz CT molecular complexity index is 1470. The van der Waals surface area contributed by atoms with E-state index in [-0.39, 0.29) is 28.4 Å². The Kier molecular flexibility index (Phi) is 5.31. The number of aromatic nitrogens is 3. The molecular formula is C25H24F5N5O3. The first-order valence-corrected chi connectivity index (χ1v) is 12.2. The molecule has 2 bridgehead atoms. The minimum absolute atomic E-state index is 0.0659. The molecule has 4 aliphatic rings. The van der Waals surface area contributed by atoms with Gasteiger partial charge >= 0.3 is 12.1 Å². The molecule has 0 spiro atoms. The molecule has 38 heavy (non-hydrogen) atoms. The Morgan fingerprint density at radius 3 is 2.45 bits per heavy atom. The van der Waals surface area contributed by atoms with Crippen LogP contribution in [-0.4, -0.2) is 51.2 Å². The number of hydrogen-bond donors (Lipinski definition) is 2. The van der Waals surface area contributed by atoms with Gasteiger partial charge in [0.05, 0.1) is 11.1 Å². The van der Waals surface area contributed by atoms with Gasteiger partial charge in [-0.3, -0.25) is 14.3 Å². The van der Waals surface area contributed by atoms with Gasteiger partial charge in [-0.15, -0.1) is 13.2 Å². The molecule has 13 heteroatoms. The highest BCUT2D eigenvalue weighted by Gasteiger charge is 2.72. The smallest absolute Gasteiger partial charge is 0.406 e. The summed E-state index contributed by atoms with van der Waals surface area (Å²) < 4.78 is 69.4. The summed E-state index contributed by atoms with van der Waals surface area (Å²) in [5.74, 6) is -0.938. The van der Waals surface area contributed by atoms with Crippen molar-refractivity contribution in [1.82, 2.24) is 19.4 Å². The van der Waals surface area contributed by atoms with Crippen LogP contribution >= 0.6 is 0 Å². The number of piperidine rings is 1. The molecular weight excluding hydrogens is 513 g/mol. The first-order chi connectivity index (χ1) is 17.9. The molecule has 1 aliphatic heterocycles. The lowest BCUT2D eigenvalue weighted by Crippen LogP contribution is -2.67. The van der Waals surface area contributed by atoms with E-state index in [0.717, 1.165) is 17.7 Å². The summed E-state index contributed by atoms with van der Waals surface area (Å²) in [5, 5.41) is 0. The highest BCUT2D eigenvalue weighted by atomic mass is 19.4. The van der Waals surface area contributed by atoms with E-state index in [2.05, 4.69) is 14.7 Å². The average molecular weight is 537 g/mol. The number of likely N-dealkylation sites (tertiary alicyclic amines) is 1. The number of anilines is 1. The van der Waals surface area contributed by atoms with E-state index in [1.807, 2.05) is 6.07 Å². The molecule has 1 aromatic carbocycles. The van der Waals surface area contributed by atoms with Crippen molar-refractivity contribution in [2.45, 2.75) is 56.3 Å². The van der Waals surface area contributed by atoms with Crippen LogP contribution in [0.5, 0.6) is 5.75 Å². The Balaban J connectivity index is 1.17. The van der Waals surface area contributed by atoms with E-state index in [0.29, 0.717) is 56.4 Å². The van der Waals surface area contributed by atoms with Crippen molar-refractivity contribution in [3.05, 3.63) is 52.1 Å². The number of benzene rings is 1. The van der Waals surface area contributed by atoms with Gasteiger partial charge in [0.1, 0.15) is 5.75 Å². The summed E-state index contributed by atoms with van der Waals surface area (Å²) >= 11 is 0. The summed E-state index contributed by atoms with van der Waals surface area (Å²) in [7, 11) is 0. The number of carbonyl (C=O) groups is 1. The number of imidazole rings is 1. The summed E-state index contributed by atoms with van der Waals surface area (Å²) in [6, 6.07) is 4.84. The van der Waals surface area contributed by atoms with Crippen LogP contribution < -0.4 is 16.2 Å². The number of rotatable bonds is 5. The number of nitrogens with two attached hydrogens (primary N) is 1. The van der Waals surface area contributed by atoms with E-state index in [9.17, 15) is 31.5 Å². The van der Waals surface area contributed by atoms with Crippen LogP contribution in [-0.2, 0) is 5.41 Å². The van der Waals surface area contributed by atoms with Crippen molar-refractivity contribution < 1.29 is 31.5 Å². The van der Waals surface area contributed by atoms with Crippen LogP contribution in [0.2, 0.25) is 0 Å². The SMILES string of the molecule is Nc1cc(OC(F)(F)F)ccc1C(=O)N1CCC(n2c(=O)[nH]c3ncc(C45CC(C(F)F)(C4)C5)cc32)CC1. The number of halogens is 5. The maximum absolute atomic E-state index is 13.3. The maximum Gasteiger partial charge on any atom is 0.573 e. The van der Waals surface area contributed by atoms with Gasteiger partial charge in [0.2, 0.25) is 6.43 Å². The first kappa shape index (κ1) is 24.7. The molecule has 3 N–H and O–H groups in total. The lowest BCUT2D eigenvalue weighted by Gasteiger charge is -2.70. The number of carbonyl (C=O) groups excluding carboxylic acids is 1. The zero-order valence-corrected chi connectivity index (χ0v) is 20.0. The second kappa shape index (κ2) is 8.18. The van der Waals surface area contributed by atoms with Gasteiger partial charge in [-0.05, 0) is 61.3 Å². The minimum atomic E-state index is -4.87. The van der Waals surface area contributed by atoms with Gasteiger partial charge in [0.15, 0.2) is 5.65 Å². The number of aromatic amines is 1. The van der Waals surface area contributed by atoms with Crippen molar-refractivity contribution in [1.29, 1.82) is 0 Å². The number of nitrogens with one attached hydrogen (secondary N) is 1. The van der Waals surface area contributed by atoms with Crippen LogP contribution in [0.15, 0.2) is 35.3 Å². The number of nitrogens with zero attached hydrogens (tertiary/aromatic N) is 3. The molecule has 2 aromatic heterocycles. The van der Waals surface area contributed by atoms with Crippen LogP contribution in [0.1, 0.15) is 54.1 Å². The fraction of sp³-hybridized carbons (Fsp3) is 0.480. The van der Waals surface area contributed by atoms with Crippen LogP contribution in [0, 0.1) is 5.41 Å². The second-order valence-corrected chi connectivity index (χ2v) is 10.7. The lowest BCUT2D eigenvalue weighted by molar-refractivity contribution is -0.274. The van der Waals surface area contributed by atoms with E-state index >= 15 is 0 Å². The third-order valence-electron chi connectivity index (χ3n) is 8.32. The van der Waals surface area contributed by atoms with Crippen molar-refractivity contribution in [3.63, 3.8) is 0 Å². The third kappa shape index (κ3) is 3.81. The molecule has 3 saturated carbocycles. The van der Waals surface area contributed by atoms with E-state index < -0.39 is 29.9 Å². The van der Waals surface area contributed by atoms with E-state index in [4.69, 9.17) is 5.73 Å². The predicted molar refractivity (Wildman–Crippen MR) is 126 cm³/mol. The normalized spacial score (nSPS) is 25.4. The molecule has 3 aliphatic carbocycles. The molecule has 8 nitrogen and oxygen atoms in total. The van der Waals surface area contributed by atoms with Gasteiger partial charge in [-0.1, -0.05) is 0 Å². The predicted octanol–water partition coefficient (Wildman–Crippen LogP) is 4.37. The van der Waals surface area contributed by atoms with Crippen molar-refractivity contribution in [2.75, 3.05) is 18.8 Å². The topological polar surface area (TPSA) is 106 Å². The van der Waals surface area contributed by atoms with Crippen LogP contribution in [0.25, 0.3) is 11.2 Å². The molecule has 0 unspecified atom stereocenters. The van der Waals surface area contributed by atoms with Gasteiger partial charge in [0.25, 0.3) is 5.91 Å². The van der Waals surface area contributed by atoms with Gasteiger partial charge < -0.3 is 15.4 Å². The number of fused-ring (bicyclic) bond motifs is 1. The number of amides is 1. The van der Waals surface area contributed by atoms with E-state index in [1.54, 1.807) is 15.7 Å². The second-order valence-electron chi connectivity index (χ2n) is 10.7. The summed E-state index contributed by atoms with van der Waals surface area (Å²) in [6.45, 7) is 0.605. The standard InChI is InChI=1S/C25H24F5N5O3/c26-21(27)24-10-23(11-24,12-24)13-7-18-19(32-9-13)33-22(37)35(18)14-3-5-34(6-4-14)20(36)16-2-1-15(8-17(16)31)38-25(28,29)30/h1-2,7-9,14,21H,3-6,10-12,31H2,(H,32,33,37). The average Bonchev–Trinajstić information content (AvgIpc) is 3.11. The summed E-state index contributed by atoms with van der Waals surface area (Å²) in [5.41, 5.74) is 6.15. The number of ether oxygens (including phenoxy) is 1. The fourth-order valence-electron chi connectivity index (χ4n) is 6.49. The molecule has 202 valence electrons. The van der Waals surface area contributed by atoms with Crippen molar-refractivity contribution >= 4 is 22.8 Å². The Morgan fingerprint density at radius 1 is 1.16 bits per heavy atom. The Morgan fingerprint density at radius 2 is 1.84 bits per heavy atom. The molecule has 0 radical (unpaired) electrons. The lowest BCUT2D eigenvalue weighted by atomic mass is 9.33. The monoisotopic (exact) mass is 537 g/mol. The number of pyridine rings is 1. The number of hydrogen-bond acceptors (Lipinski definition) is 5. The van der Waals surface area contributed by atoms with E-state index in [1.165, 1.54) is 6.07 Å². The number of H-pyrrole nitrogens is 1. The highest BCUT2D eigenvalue weighted by molar-refractivity contribution is 5.99. The van der Waals surface area contributed by atoms with Gasteiger partial charge in [0, 0.05) is 42.5 Å².